The fraction of sp³-hybridized carbons (Fsp3) is 0.200. The summed E-state index contributed by atoms with van der Waals surface area (Å²) in [4.78, 5) is 12.5. The van der Waals surface area contributed by atoms with Gasteiger partial charge in [-0.05, 0) is 43.7 Å². The zero-order chi connectivity index (χ0) is 20.4. The third kappa shape index (κ3) is 4.40. The molecule has 1 amide bonds. The predicted octanol–water partition coefficient (Wildman–Crippen LogP) is 2.84. The molecule has 0 aliphatic carbocycles. The highest BCUT2D eigenvalue weighted by atomic mass is 19.1. The lowest BCUT2D eigenvalue weighted by Crippen LogP contribution is -2.15. The molecule has 0 saturated carbocycles. The molecule has 4 aromatic rings. The normalized spacial score (nSPS) is 11.0. The highest BCUT2D eigenvalue weighted by molar-refractivity contribution is 6.02. The molecule has 0 fully saturated rings. The summed E-state index contributed by atoms with van der Waals surface area (Å²) in [6, 6.07) is 9.95. The lowest BCUT2D eigenvalue weighted by molar-refractivity contribution is 0.102. The number of carbonyl (C=O) groups is 1. The summed E-state index contributed by atoms with van der Waals surface area (Å²) in [6.45, 7) is 4.74. The summed E-state index contributed by atoms with van der Waals surface area (Å²) >= 11 is 0. The second-order valence-corrected chi connectivity index (χ2v) is 6.82. The van der Waals surface area contributed by atoms with Crippen molar-refractivity contribution in [2.45, 2.75) is 27.1 Å². The molecular weight excluding hydrogens is 373 g/mol. The number of nitrogens with zero attached hydrogens (tertiary/aromatic N) is 6. The van der Waals surface area contributed by atoms with Crippen molar-refractivity contribution in [2.75, 3.05) is 5.32 Å². The molecule has 0 unspecified atom stereocenters. The Balaban J connectivity index is 1.39. The van der Waals surface area contributed by atoms with Crippen molar-refractivity contribution in [3.05, 3.63) is 83.5 Å². The largest absolute Gasteiger partial charge is 0.318 e. The van der Waals surface area contributed by atoms with Crippen LogP contribution in [0.15, 0.2) is 55.0 Å². The van der Waals surface area contributed by atoms with Crippen LogP contribution < -0.4 is 5.32 Å². The molecule has 29 heavy (non-hydrogen) atoms. The van der Waals surface area contributed by atoms with Crippen molar-refractivity contribution < 1.29 is 9.18 Å². The number of hydrogen-bond donors (Lipinski definition) is 1. The van der Waals surface area contributed by atoms with Crippen LogP contribution in [0, 0.1) is 19.7 Å². The minimum absolute atomic E-state index is 0.292. The van der Waals surface area contributed by atoms with Crippen molar-refractivity contribution in [1.29, 1.82) is 0 Å². The second-order valence-electron chi connectivity index (χ2n) is 6.82. The molecule has 8 nitrogen and oxygen atoms in total. The highest BCUT2D eigenvalue weighted by Crippen LogP contribution is 2.11. The fourth-order valence-electron chi connectivity index (χ4n) is 3.05. The summed E-state index contributed by atoms with van der Waals surface area (Å²) in [5.74, 6) is -0.623. The first-order valence-corrected chi connectivity index (χ1v) is 9.09. The van der Waals surface area contributed by atoms with Crippen molar-refractivity contribution in [2.24, 2.45) is 0 Å². The zero-order valence-electron chi connectivity index (χ0n) is 16.1. The molecule has 1 aromatic carbocycles. The van der Waals surface area contributed by atoms with Gasteiger partial charge in [0.2, 0.25) is 0 Å². The van der Waals surface area contributed by atoms with E-state index in [1.807, 2.05) is 30.7 Å². The van der Waals surface area contributed by atoms with Crippen LogP contribution in [0.1, 0.15) is 27.4 Å². The van der Waals surface area contributed by atoms with E-state index in [0.717, 1.165) is 17.0 Å². The van der Waals surface area contributed by atoms with Gasteiger partial charge in [-0.1, -0.05) is 12.1 Å². The molecule has 1 N–H and O–H groups in total. The first kappa shape index (κ1) is 18.6. The standard InChI is InChI=1S/C20H20FN7O/c1-14-8-15(2)28(24-14)13-26-7-6-19(25-26)20(29)23-18-10-22-27(12-18)11-16-4-3-5-17(21)9-16/h3-10,12H,11,13H2,1-2H3,(H,23,29). The van der Waals surface area contributed by atoms with Crippen LogP contribution in [0.5, 0.6) is 0 Å². The van der Waals surface area contributed by atoms with Gasteiger partial charge in [0, 0.05) is 18.1 Å². The monoisotopic (exact) mass is 393 g/mol. The molecule has 0 radical (unpaired) electrons. The Bertz CT molecular complexity index is 1160. The van der Waals surface area contributed by atoms with E-state index in [4.69, 9.17) is 0 Å². The van der Waals surface area contributed by atoms with E-state index >= 15 is 0 Å². The highest BCUT2D eigenvalue weighted by Gasteiger charge is 2.12. The van der Waals surface area contributed by atoms with Gasteiger partial charge in [0.25, 0.3) is 5.91 Å². The van der Waals surface area contributed by atoms with Crippen LogP contribution in [0.25, 0.3) is 0 Å². The SMILES string of the molecule is Cc1cc(C)n(Cn2ccc(C(=O)Nc3cnn(Cc4cccc(F)c4)c3)n2)n1. The predicted molar refractivity (Wildman–Crippen MR) is 105 cm³/mol. The Morgan fingerprint density at radius 3 is 2.76 bits per heavy atom. The quantitative estimate of drug-likeness (QED) is 0.546. The summed E-state index contributed by atoms with van der Waals surface area (Å²) in [5, 5.41) is 15.7. The van der Waals surface area contributed by atoms with Gasteiger partial charge in [-0.25, -0.2) is 9.07 Å². The van der Waals surface area contributed by atoms with Crippen LogP contribution in [0.4, 0.5) is 10.1 Å². The van der Waals surface area contributed by atoms with Crippen molar-refractivity contribution in [1.82, 2.24) is 29.3 Å². The van der Waals surface area contributed by atoms with Gasteiger partial charge in [0.05, 0.1) is 24.1 Å². The second kappa shape index (κ2) is 7.70. The average molecular weight is 393 g/mol. The minimum Gasteiger partial charge on any atom is -0.318 e. The Hall–Kier alpha value is -3.75. The Morgan fingerprint density at radius 1 is 1.14 bits per heavy atom. The fourth-order valence-corrected chi connectivity index (χ4v) is 3.05. The van der Waals surface area contributed by atoms with E-state index in [-0.39, 0.29) is 11.7 Å². The van der Waals surface area contributed by atoms with Crippen LogP contribution in [0.2, 0.25) is 0 Å². The Kier molecular flexibility index (Phi) is 4.94. The van der Waals surface area contributed by atoms with Crippen LogP contribution in [-0.4, -0.2) is 35.2 Å². The van der Waals surface area contributed by atoms with Gasteiger partial charge in [-0.3, -0.25) is 14.2 Å². The first-order chi connectivity index (χ1) is 14.0. The number of rotatable bonds is 6. The smallest absolute Gasteiger partial charge is 0.276 e. The molecule has 4 rings (SSSR count). The summed E-state index contributed by atoms with van der Waals surface area (Å²) in [7, 11) is 0. The number of aryl methyl sites for hydroxylation is 2. The number of nitrogens with one attached hydrogen (secondary N) is 1. The van der Waals surface area contributed by atoms with Crippen molar-refractivity contribution >= 4 is 11.6 Å². The van der Waals surface area contributed by atoms with E-state index < -0.39 is 0 Å². The zero-order valence-corrected chi connectivity index (χ0v) is 16.1. The molecule has 0 atom stereocenters. The maximum absolute atomic E-state index is 13.3. The molecule has 3 heterocycles. The van der Waals surface area contributed by atoms with Crippen LogP contribution in [-0.2, 0) is 13.2 Å². The van der Waals surface area contributed by atoms with Gasteiger partial charge in [0.1, 0.15) is 12.5 Å². The maximum Gasteiger partial charge on any atom is 0.276 e. The van der Waals surface area contributed by atoms with Gasteiger partial charge < -0.3 is 5.32 Å². The van der Waals surface area contributed by atoms with Gasteiger partial charge >= 0.3 is 0 Å². The molecule has 0 aliphatic heterocycles. The number of amides is 1. The lowest BCUT2D eigenvalue weighted by atomic mass is 10.2. The number of carbonyl (C=O) groups excluding carboxylic acids is 1. The molecule has 0 bridgehead atoms. The van der Waals surface area contributed by atoms with Gasteiger partial charge in [-0.15, -0.1) is 0 Å². The minimum atomic E-state index is -0.331. The van der Waals surface area contributed by atoms with Crippen molar-refractivity contribution in [3.8, 4) is 0 Å². The van der Waals surface area contributed by atoms with Gasteiger partial charge in [0.15, 0.2) is 5.69 Å². The average Bonchev–Trinajstić information content (AvgIpc) is 3.37. The Labute approximate surface area is 166 Å². The van der Waals surface area contributed by atoms with Crippen LogP contribution in [0.3, 0.4) is 0 Å². The first-order valence-electron chi connectivity index (χ1n) is 9.09. The molecule has 0 spiro atoms. The van der Waals surface area contributed by atoms with E-state index in [0.29, 0.717) is 24.6 Å². The topological polar surface area (TPSA) is 82.6 Å². The molecule has 0 aliphatic rings. The third-order valence-corrected chi connectivity index (χ3v) is 4.38. The molecular formula is C20H20FN7O. The molecule has 3 aromatic heterocycles. The maximum atomic E-state index is 13.3. The van der Waals surface area contributed by atoms with Crippen molar-refractivity contribution in [3.63, 3.8) is 0 Å². The number of halogens is 1. The number of anilines is 1. The van der Waals surface area contributed by atoms with Gasteiger partial charge in [-0.2, -0.15) is 15.3 Å². The van der Waals surface area contributed by atoms with E-state index in [1.165, 1.54) is 12.1 Å². The number of benzene rings is 1. The third-order valence-electron chi connectivity index (χ3n) is 4.38. The number of aromatic nitrogens is 6. The Morgan fingerprint density at radius 2 is 2.00 bits per heavy atom. The summed E-state index contributed by atoms with van der Waals surface area (Å²) in [6.07, 6.45) is 4.97. The number of hydrogen-bond acceptors (Lipinski definition) is 4. The summed E-state index contributed by atoms with van der Waals surface area (Å²) < 4.78 is 18.4. The molecule has 148 valence electrons. The van der Waals surface area contributed by atoms with E-state index in [1.54, 1.807) is 40.1 Å². The van der Waals surface area contributed by atoms with E-state index in [9.17, 15) is 9.18 Å². The van der Waals surface area contributed by atoms with E-state index in [2.05, 4.69) is 20.6 Å². The lowest BCUT2D eigenvalue weighted by Gasteiger charge is -2.04. The molecule has 9 heteroatoms. The van der Waals surface area contributed by atoms with Crippen LogP contribution >= 0.6 is 0 Å². The molecule has 0 saturated heterocycles. The summed E-state index contributed by atoms with van der Waals surface area (Å²) in [5.41, 5.74) is 3.58.